The van der Waals surface area contributed by atoms with Crippen LogP contribution in [0.5, 0.6) is 0 Å². The highest BCUT2D eigenvalue weighted by molar-refractivity contribution is 6.47. The van der Waals surface area contributed by atoms with Crippen LogP contribution in [0.15, 0.2) is 38.3 Å². The molecule has 0 bridgehead atoms. The van der Waals surface area contributed by atoms with Crippen LogP contribution in [0.2, 0.25) is 15.1 Å². The normalized spacial score (nSPS) is 12.6. The van der Waals surface area contributed by atoms with E-state index in [1.54, 1.807) is 0 Å². The van der Waals surface area contributed by atoms with Gasteiger partial charge in [-0.2, -0.15) is 26.3 Å². The van der Waals surface area contributed by atoms with Crippen molar-refractivity contribution in [3.8, 4) is 5.69 Å². The van der Waals surface area contributed by atoms with E-state index in [1.807, 2.05) is 0 Å². The lowest BCUT2D eigenvalue weighted by Gasteiger charge is -2.15. The van der Waals surface area contributed by atoms with Gasteiger partial charge in [-0.1, -0.05) is 34.8 Å². The van der Waals surface area contributed by atoms with E-state index < -0.39 is 56.5 Å². The number of alkyl halides is 6. The second kappa shape index (κ2) is 6.96. The number of hydrogen-bond acceptors (Lipinski definition) is 3. The molecule has 0 N–H and O–H groups in total. The molecular formula is C16H4Cl3F6NO3. The van der Waals surface area contributed by atoms with Crippen LogP contribution in [0.3, 0.4) is 0 Å². The Morgan fingerprint density at radius 1 is 0.793 bits per heavy atom. The molecular weight excluding hydrogens is 475 g/mol. The zero-order valence-corrected chi connectivity index (χ0v) is 15.7. The largest absolute Gasteiger partial charge is 0.427 e. The fourth-order valence-electron chi connectivity index (χ4n) is 2.49. The van der Waals surface area contributed by atoms with Crippen molar-refractivity contribution in [2.45, 2.75) is 12.4 Å². The first-order valence-electron chi connectivity index (χ1n) is 7.25. The predicted octanol–water partition coefficient (Wildman–Crippen LogP) is 5.94. The molecule has 0 atom stereocenters. The van der Waals surface area contributed by atoms with Crippen molar-refractivity contribution < 1.29 is 30.8 Å². The summed E-state index contributed by atoms with van der Waals surface area (Å²) in [6.45, 7) is 0. The first kappa shape index (κ1) is 21.5. The van der Waals surface area contributed by atoms with Crippen molar-refractivity contribution in [3.63, 3.8) is 0 Å². The van der Waals surface area contributed by atoms with E-state index in [1.165, 1.54) is 0 Å². The topological polar surface area (TPSA) is 52.2 Å². The molecule has 1 aromatic heterocycles. The number of aromatic nitrogens is 1. The average Bonchev–Trinajstić information content (AvgIpc) is 2.57. The highest BCUT2D eigenvalue weighted by Crippen LogP contribution is 2.37. The summed E-state index contributed by atoms with van der Waals surface area (Å²) in [5.74, 6) is -1.57. The number of halogens is 9. The lowest BCUT2D eigenvalue weighted by atomic mass is 10.1. The zero-order chi connectivity index (χ0) is 21.9. The summed E-state index contributed by atoms with van der Waals surface area (Å²) < 4.78 is 83.2. The van der Waals surface area contributed by atoms with Gasteiger partial charge < -0.3 is 4.42 Å². The average molecular weight is 479 g/mol. The smallest absolute Gasteiger partial charge is 0.407 e. The van der Waals surface area contributed by atoms with Crippen molar-refractivity contribution in [2.24, 2.45) is 0 Å². The third-order valence-corrected chi connectivity index (χ3v) is 4.81. The van der Waals surface area contributed by atoms with Gasteiger partial charge in [-0.25, -0.2) is 9.36 Å². The summed E-state index contributed by atoms with van der Waals surface area (Å²) in [6, 6.07) is 1.28. The van der Waals surface area contributed by atoms with Crippen LogP contribution in [-0.2, 0) is 12.4 Å². The van der Waals surface area contributed by atoms with Gasteiger partial charge in [0, 0.05) is 0 Å². The Hall–Kier alpha value is -2.17. The molecule has 154 valence electrons. The van der Waals surface area contributed by atoms with Crippen LogP contribution in [0.25, 0.3) is 16.7 Å². The van der Waals surface area contributed by atoms with Gasteiger partial charge in [0.15, 0.2) is 5.58 Å². The molecule has 4 nitrogen and oxygen atoms in total. The van der Waals surface area contributed by atoms with Crippen LogP contribution in [0.4, 0.5) is 26.3 Å². The lowest BCUT2D eigenvalue weighted by molar-refractivity contribution is -0.143. The second-order valence-corrected chi connectivity index (χ2v) is 6.82. The number of fused-ring (bicyclic) bond motifs is 1. The summed E-state index contributed by atoms with van der Waals surface area (Å²) in [7, 11) is 0. The Labute approximate surface area is 170 Å². The minimum atomic E-state index is -5.19. The van der Waals surface area contributed by atoms with Crippen molar-refractivity contribution in [2.75, 3.05) is 0 Å². The van der Waals surface area contributed by atoms with Gasteiger partial charge in [0.2, 0.25) is 0 Å². The van der Waals surface area contributed by atoms with Crippen molar-refractivity contribution >= 4 is 45.8 Å². The molecule has 0 aliphatic heterocycles. The first-order valence-corrected chi connectivity index (χ1v) is 8.38. The second-order valence-electron chi connectivity index (χ2n) is 5.63. The monoisotopic (exact) mass is 477 g/mol. The van der Waals surface area contributed by atoms with Gasteiger partial charge in [-0.15, -0.1) is 0 Å². The minimum absolute atomic E-state index is 0.0225. The molecule has 2 aromatic carbocycles. The minimum Gasteiger partial charge on any atom is -0.407 e. The van der Waals surface area contributed by atoms with Crippen molar-refractivity contribution in [1.82, 2.24) is 4.57 Å². The number of nitrogens with zero attached hydrogens (tertiary/aromatic N) is 1. The number of hydrogen-bond donors (Lipinski definition) is 0. The molecule has 0 aliphatic carbocycles. The molecule has 0 fully saturated rings. The van der Waals surface area contributed by atoms with Gasteiger partial charge >= 0.3 is 18.1 Å². The van der Waals surface area contributed by atoms with Crippen LogP contribution < -0.4 is 11.3 Å². The Morgan fingerprint density at radius 3 is 1.79 bits per heavy atom. The molecule has 0 spiro atoms. The molecule has 29 heavy (non-hydrogen) atoms. The number of rotatable bonds is 1. The molecule has 3 rings (SSSR count). The zero-order valence-electron chi connectivity index (χ0n) is 13.4. The summed E-state index contributed by atoms with van der Waals surface area (Å²) in [5, 5.41) is -1.59. The quantitative estimate of drug-likeness (QED) is 0.321. The van der Waals surface area contributed by atoms with Gasteiger partial charge in [-0.3, -0.25) is 4.79 Å². The van der Waals surface area contributed by atoms with Crippen LogP contribution in [0.1, 0.15) is 11.1 Å². The van der Waals surface area contributed by atoms with Gasteiger partial charge in [0.05, 0.1) is 31.9 Å². The van der Waals surface area contributed by atoms with Gasteiger partial charge in [-0.05, 0) is 24.3 Å². The van der Waals surface area contributed by atoms with Crippen LogP contribution in [0, 0.1) is 0 Å². The predicted molar refractivity (Wildman–Crippen MR) is 93.1 cm³/mol. The first-order chi connectivity index (χ1) is 13.2. The maximum Gasteiger partial charge on any atom is 0.427 e. The lowest BCUT2D eigenvalue weighted by Crippen LogP contribution is -2.31. The molecule has 1 heterocycles. The van der Waals surface area contributed by atoms with E-state index in [0.29, 0.717) is 0 Å². The Kier molecular flexibility index (Phi) is 5.17. The Morgan fingerprint density at radius 2 is 1.31 bits per heavy atom. The van der Waals surface area contributed by atoms with E-state index in [9.17, 15) is 35.9 Å². The molecule has 3 aromatic rings. The van der Waals surface area contributed by atoms with Crippen LogP contribution >= 0.6 is 34.8 Å². The van der Waals surface area contributed by atoms with Gasteiger partial charge in [0.1, 0.15) is 5.39 Å². The molecule has 0 amide bonds. The SMILES string of the molecule is O=c1oc2c(Cl)cc(Cl)c(Cl)c2c(=O)n1-c1cc(C(F)(F)F)cc(C(F)(F)F)c1. The molecule has 0 radical (unpaired) electrons. The van der Waals surface area contributed by atoms with Crippen LogP contribution in [-0.4, -0.2) is 4.57 Å². The molecule has 0 saturated heterocycles. The Bertz CT molecular complexity index is 1230. The summed E-state index contributed by atoms with van der Waals surface area (Å²) in [5.41, 5.74) is -6.37. The standard InChI is InChI=1S/C16H4Cl3F6NO3/c17-8-4-9(18)12-10(11(8)19)13(27)26(14(28)29-12)7-2-5(15(20,21)22)1-6(3-7)16(23,24)25/h1-4H. The van der Waals surface area contributed by atoms with Crippen molar-refractivity contribution in [3.05, 3.63) is 71.4 Å². The van der Waals surface area contributed by atoms with E-state index in [4.69, 9.17) is 39.2 Å². The van der Waals surface area contributed by atoms with E-state index in [0.717, 1.165) is 6.07 Å². The molecule has 13 heteroatoms. The maximum atomic E-state index is 13.1. The molecule has 0 saturated carbocycles. The highest BCUT2D eigenvalue weighted by Gasteiger charge is 2.37. The van der Waals surface area contributed by atoms with E-state index in [2.05, 4.69) is 0 Å². The summed E-state index contributed by atoms with van der Waals surface area (Å²) in [4.78, 5) is 25.0. The van der Waals surface area contributed by atoms with E-state index in [-0.39, 0.29) is 32.8 Å². The fraction of sp³-hybridized carbons (Fsp3) is 0.125. The third kappa shape index (κ3) is 3.84. The van der Waals surface area contributed by atoms with E-state index >= 15 is 0 Å². The Balaban J connectivity index is 2.47. The van der Waals surface area contributed by atoms with Crippen molar-refractivity contribution in [1.29, 1.82) is 0 Å². The highest BCUT2D eigenvalue weighted by atomic mass is 35.5. The molecule has 0 unspecified atom stereocenters. The summed E-state index contributed by atoms with van der Waals surface area (Å²) in [6.07, 6.45) is -10.4. The number of benzene rings is 2. The molecule has 0 aliphatic rings. The summed E-state index contributed by atoms with van der Waals surface area (Å²) >= 11 is 17.5. The van der Waals surface area contributed by atoms with Gasteiger partial charge in [0.25, 0.3) is 5.56 Å². The third-order valence-electron chi connectivity index (χ3n) is 3.75. The maximum absolute atomic E-state index is 13.1. The fourth-order valence-corrected chi connectivity index (χ4v) is 3.21.